The van der Waals surface area contributed by atoms with Crippen LogP contribution in [-0.2, 0) is 4.74 Å². The van der Waals surface area contributed by atoms with Gasteiger partial charge in [0.1, 0.15) is 0 Å². The van der Waals surface area contributed by atoms with Crippen molar-refractivity contribution in [3.05, 3.63) is 0 Å². The van der Waals surface area contributed by atoms with Crippen LogP contribution in [0.5, 0.6) is 0 Å². The average molecular weight is 228 g/mol. The number of hydrogen-bond acceptors (Lipinski definition) is 4. The summed E-state index contributed by atoms with van der Waals surface area (Å²) < 4.78 is 5.43. The molecule has 0 aromatic heterocycles. The van der Waals surface area contributed by atoms with Gasteiger partial charge in [-0.15, -0.1) is 0 Å². The highest BCUT2D eigenvalue weighted by Crippen LogP contribution is 2.30. The summed E-state index contributed by atoms with van der Waals surface area (Å²) in [7, 11) is 2.17. The van der Waals surface area contributed by atoms with E-state index in [0.29, 0.717) is 12.1 Å². The third-order valence-electron chi connectivity index (χ3n) is 4.23. The number of ether oxygens (including phenoxy) is 1. The van der Waals surface area contributed by atoms with Gasteiger partial charge in [0.15, 0.2) is 0 Å². The van der Waals surface area contributed by atoms with E-state index in [9.17, 15) is 5.11 Å². The van der Waals surface area contributed by atoms with E-state index in [2.05, 4.69) is 11.9 Å². The quantitative estimate of drug-likeness (QED) is 0.731. The van der Waals surface area contributed by atoms with Gasteiger partial charge in [0.2, 0.25) is 0 Å². The van der Waals surface area contributed by atoms with E-state index in [1.54, 1.807) is 0 Å². The molecule has 1 aliphatic heterocycles. The van der Waals surface area contributed by atoms with Crippen LogP contribution in [0.15, 0.2) is 0 Å². The van der Waals surface area contributed by atoms with Crippen LogP contribution in [0.1, 0.15) is 32.1 Å². The molecule has 1 saturated carbocycles. The zero-order chi connectivity index (χ0) is 11.6. The lowest BCUT2D eigenvalue weighted by molar-refractivity contribution is 0.0662. The Morgan fingerprint density at radius 2 is 2.25 bits per heavy atom. The van der Waals surface area contributed by atoms with Crippen molar-refractivity contribution >= 4 is 0 Å². The Hall–Kier alpha value is -0.160. The molecule has 3 unspecified atom stereocenters. The Balaban J connectivity index is 1.92. The van der Waals surface area contributed by atoms with E-state index < -0.39 is 0 Å². The van der Waals surface area contributed by atoms with Crippen molar-refractivity contribution in [1.82, 2.24) is 4.90 Å². The van der Waals surface area contributed by atoms with Crippen molar-refractivity contribution in [2.75, 3.05) is 26.9 Å². The highest BCUT2D eigenvalue weighted by Gasteiger charge is 2.36. The number of aliphatic hydroxyl groups excluding tert-OH is 1. The average Bonchev–Trinajstić information content (AvgIpc) is 2.82. The minimum Gasteiger partial charge on any atom is -0.394 e. The maximum absolute atomic E-state index is 9.35. The molecule has 0 spiro atoms. The van der Waals surface area contributed by atoms with Gasteiger partial charge in [-0.05, 0) is 39.2 Å². The molecule has 4 heteroatoms. The molecule has 0 aromatic carbocycles. The number of nitrogens with two attached hydrogens (primary N) is 1. The molecule has 0 amide bonds. The third-order valence-corrected chi connectivity index (χ3v) is 4.23. The van der Waals surface area contributed by atoms with E-state index in [4.69, 9.17) is 10.5 Å². The van der Waals surface area contributed by atoms with Crippen molar-refractivity contribution in [2.45, 2.75) is 49.7 Å². The summed E-state index contributed by atoms with van der Waals surface area (Å²) in [5.41, 5.74) is 5.83. The fourth-order valence-electron chi connectivity index (χ4n) is 3.00. The monoisotopic (exact) mass is 228 g/mol. The summed E-state index contributed by atoms with van der Waals surface area (Å²) in [4.78, 5) is 2.42. The van der Waals surface area contributed by atoms with Crippen LogP contribution in [0, 0.1) is 0 Å². The van der Waals surface area contributed by atoms with Crippen molar-refractivity contribution in [2.24, 2.45) is 5.73 Å². The number of nitrogens with zero attached hydrogens (tertiary/aromatic N) is 1. The largest absolute Gasteiger partial charge is 0.394 e. The molecule has 94 valence electrons. The standard InChI is InChI=1S/C12H24N2O2/c1-14(11-4-6-16-8-11)10-3-2-5-12(13,7-10)9-15/h10-11,15H,2-9,13H2,1H3. The zero-order valence-corrected chi connectivity index (χ0v) is 10.2. The molecule has 2 fully saturated rings. The second-order valence-corrected chi connectivity index (χ2v) is 5.45. The first kappa shape index (κ1) is 12.3. The molecule has 0 aromatic rings. The summed E-state index contributed by atoms with van der Waals surface area (Å²) >= 11 is 0. The van der Waals surface area contributed by atoms with E-state index in [-0.39, 0.29) is 12.1 Å². The Kier molecular flexibility index (Phi) is 3.85. The van der Waals surface area contributed by atoms with Gasteiger partial charge < -0.3 is 15.6 Å². The van der Waals surface area contributed by atoms with Gasteiger partial charge in [-0.2, -0.15) is 0 Å². The van der Waals surface area contributed by atoms with E-state index in [1.165, 1.54) is 6.42 Å². The summed E-state index contributed by atoms with van der Waals surface area (Å²) in [6, 6.07) is 1.06. The minimum atomic E-state index is -0.351. The summed E-state index contributed by atoms with van der Waals surface area (Å²) in [6.45, 7) is 1.84. The fourth-order valence-corrected chi connectivity index (χ4v) is 3.00. The van der Waals surface area contributed by atoms with Crippen LogP contribution >= 0.6 is 0 Å². The van der Waals surface area contributed by atoms with Crippen molar-refractivity contribution < 1.29 is 9.84 Å². The van der Waals surface area contributed by atoms with Crippen molar-refractivity contribution in [1.29, 1.82) is 0 Å². The molecule has 16 heavy (non-hydrogen) atoms. The minimum absolute atomic E-state index is 0.110. The topological polar surface area (TPSA) is 58.7 Å². The van der Waals surface area contributed by atoms with Gasteiger partial charge in [-0.3, -0.25) is 4.90 Å². The summed E-state index contributed by atoms with van der Waals surface area (Å²) in [5, 5.41) is 9.35. The van der Waals surface area contributed by atoms with Gasteiger partial charge in [0, 0.05) is 24.2 Å². The molecule has 0 radical (unpaired) electrons. The molecule has 1 aliphatic carbocycles. The molecule has 3 N–H and O–H groups in total. The Morgan fingerprint density at radius 3 is 2.88 bits per heavy atom. The molecule has 2 aliphatic rings. The first-order valence-electron chi connectivity index (χ1n) is 6.34. The lowest BCUT2D eigenvalue weighted by Crippen LogP contribution is -2.54. The molecule has 2 rings (SSSR count). The normalized spacial score (nSPS) is 40.5. The Morgan fingerprint density at radius 1 is 1.44 bits per heavy atom. The number of likely N-dealkylation sites (N-methyl/N-ethyl adjacent to an activating group) is 1. The number of rotatable bonds is 3. The van der Waals surface area contributed by atoms with Gasteiger partial charge in [0.05, 0.1) is 13.2 Å². The maximum atomic E-state index is 9.35. The second-order valence-electron chi connectivity index (χ2n) is 5.45. The van der Waals surface area contributed by atoms with E-state index in [0.717, 1.165) is 38.9 Å². The summed E-state index contributed by atoms with van der Waals surface area (Å²) in [6.07, 6.45) is 5.32. The molecular formula is C12H24N2O2. The zero-order valence-electron chi connectivity index (χ0n) is 10.2. The van der Waals surface area contributed by atoms with Gasteiger partial charge >= 0.3 is 0 Å². The molecule has 1 saturated heterocycles. The van der Waals surface area contributed by atoms with Gasteiger partial charge in [-0.1, -0.05) is 0 Å². The van der Waals surface area contributed by atoms with Crippen LogP contribution in [0.3, 0.4) is 0 Å². The van der Waals surface area contributed by atoms with Crippen LogP contribution in [-0.4, -0.2) is 54.5 Å². The SMILES string of the molecule is CN(C1CCOC1)C1CCCC(N)(CO)C1. The fraction of sp³-hybridized carbons (Fsp3) is 1.00. The lowest BCUT2D eigenvalue weighted by Gasteiger charge is -2.42. The lowest BCUT2D eigenvalue weighted by atomic mass is 9.79. The van der Waals surface area contributed by atoms with Crippen LogP contribution in [0.2, 0.25) is 0 Å². The second kappa shape index (κ2) is 5.00. The number of hydrogen-bond donors (Lipinski definition) is 2. The molecule has 0 bridgehead atoms. The smallest absolute Gasteiger partial charge is 0.0622 e. The Labute approximate surface area is 97.7 Å². The van der Waals surface area contributed by atoms with Gasteiger partial charge in [0.25, 0.3) is 0 Å². The van der Waals surface area contributed by atoms with Crippen molar-refractivity contribution in [3.63, 3.8) is 0 Å². The van der Waals surface area contributed by atoms with Crippen LogP contribution in [0.4, 0.5) is 0 Å². The predicted molar refractivity (Wildman–Crippen MR) is 63.2 cm³/mol. The predicted octanol–water partition coefficient (Wildman–Crippen LogP) is 0.340. The van der Waals surface area contributed by atoms with Crippen LogP contribution in [0.25, 0.3) is 0 Å². The highest BCUT2D eigenvalue weighted by molar-refractivity contribution is 4.94. The molecular weight excluding hydrogens is 204 g/mol. The van der Waals surface area contributed by atoms with Gasteiger partial charge in [-0.25, -0.2) is 0 Å². The van der Waals surface area contributed by atoms with Crippen LogP contribution < -0.4 is 5.73 Å². The first-order valence-corrected chi connectivity index (χ1v) is 6.34. The number of aliphatic hydroxyl groups is 1. The molecule has 4 nitrogen and oxygen atoms in total. The van der Waals surface area contributed by atoms with E-state index >= 15 is 0 Å². The van der Waals surface area contributed by atoms with Crippen molar-refractivity contribution in [3.8, 4) is 0 Å². The molecule has 1 heterocycles. The highest BCUT2D eigenvalue weighted by atomic mass is 16.5. The third kappa shape index (κ3) is 2.56. The first-order chi connectivity index (χ1) is 7.64. The van der Waals surface area contributed by atoms with E-state index in [1.807, 2.05) is 0 Å². The summed E-state index contributed by atoms with van der Waals surface area (Å²) in [5.74, 6) is 0. The maximum Gasteiger partial charge on any atom is 0.0622 e. The Bertz CT molecular complexity index is 231. The molecule has 3 atom stereocenters.